The molecule has 0 heterocycles. The standard InChI is InChI=1S/C19H12BrN/c20-19-12-15(7-6-14-4-2-1-3-5-14)10-17-9-8-16(13-21)11-18(17)19/h1-12H. The fraction of sp³-hybridized carbons (Fsp3) is 0. The van der Waals surface area contributed by atoms with Gasteiger partial charge >= 0.3 is 0 Å². The van der Waals surface area contributed by atoms with Crippen LogP contribution in [0.5, 0.6) is 0 Å². The first-order valence-corrected chi connectivity index (χ1v) is 7.42. The van der Waals surface area contributed by atoms with Crippen molar-refractivity contribution in [2.75, 3.05) is 0 Å². The molecule has 0 aliphatic carbocycles. The minimum absolute atomic E-state index is 0.677. The lowest BCUT2D eigenvalue weighted by atomic mass is 10.0. The number of nitriles is 1. The summed E-state index contributed by atoms with van der Waals surface area (Å²) in [5.41, 5.74) is 2.98. The molecule has 0 bridgehead atoms. The lowest BCUT2D eigenvalue weighted by Crippen LogP contribution is -1.81. The van der Waals surface area contributed by atoms with Gasteiger partial charge in [0.2, 0.25) is 0 Å². The van der Waals surface area contributed by atoms with Crippen LogP contribution in [0.3, 0.4) is 0 Å². The van der Waals surface area contributed by atoms with Crippen molar-refractivity contribution >= 4 is 38.9 Å². The Hall–Kier alpha value is -2.37. The Balaban J connectivity index is 2.01. The second kappa shape index (κ2) is 5.95. The normalized spacial score (nSPS) is 10.9. The Labute approximate surface area is 132 Å². The van der Waals surface area contributed by atoms with Gasteiger partial charge in [0.15, 0.2) is 0 Å². The van der Waals surface area contributed by atoms with Crippen LogP contribution in [0.15, 0.2) is 65.1 Å². The first-order chi connectivity index (χ1) is 10.3. The Kier molecular flexibility index (Phi) is 3.85. The van der Waals surface area contributed by atoms with E-state index in [1.165, 1.54) is 5.56 Å². The quantitative estimate of drug-likeness (QED) is 0.556. The van der Waals surface area contributed by atoms with Crippen LogP contribution in [0.4, 0.5) is 0 Å². The maximum Gasteiger partial charge on any atom is 0.0991 e. The van der Waals surface area contributed by atoms with Crippen LogP contribution >= 0.6 is 15.9 Å². The number of benzene rings is 3. The zero-order chi connectivity index (χ0) is 14.7. The molecule has 0 fully saturated rings. The van der Waals surface area contributed by atoms with Gasteiger partial charge in [0.05, 0.1) is 11.6 Å². The van der Waals surface area contributed by atoms with Gasteiger partial charge in [0.25, 0.3) is 0 Å². The molecule has 2 heteroatoms. The van der Waals surface area contributed by atoms with Gasteiger partial charge in [0, 0.05) is 4.47 Å². The molecule has 1 nitrogen and oxygen atoms in total. The summed E-state index contributed by atoms with van der Waals surface area (Å²) in [4.78, 5) is 0. The van der Waals surface area contributed by atoms with Crippen molar-refractivity contribution < 1.29 is 0 Å². The van der Waals surface area contributed by atoms with Crippen LogP contribution < -0.4 is 0 Å². The third-order valence-electron chi connectivity index (χ3n) is 3.32. The van der Waals surface area contributed by atoms with Gasteiger partial charge in [-0.2, -0.15) is 5.26 Å². The monoisotopic (exact) mass is 333 g/mol. The molecule has 3 aromatic rings. The van der Waals surface area contributed by atoms with Crippen LogP contribution in [0.2, 0.25) is 0 Å². The molecule has 21 heavy (non-hydrogen) atoms. The number of halogens is 1. The van der Waals surface area contributed by atoms with Gasteiger partial charge in [-0.25, -0.2) is 0 Å². The van der Waals surface area contributed by atoms with Gasteiger partial charge in [-0.05, 0) is 46.2 Å². The Bertz CT molecular complexity index is 858. The molecule has 0 aliphatic heterocycles. The molecule has 0 aromatic heterocycles. The molecule has 0 spiro atoms. The van der Waals surface area contributed by atoms with Crippen LogP contribution in [0.25, 0.3) is 22.9 Å². The molecule has 0 amide bonds. The maximum atomic E-state index is 8.98. The highest BCUT2D eigenvalue weighted by molar-refractivity contribution is 9.10. The molecular formula is C19H12BrN. The summed E-state index contributed by atoms with van der Waals surface area (Å²) in [6.45, 7) is 0. The lowest BCUT2D eigenvalue weighted by molar-refractivity contribution is 1.49. The third kappa shape index (κ3) is 3.04. The number of hydrogen-bond acceptors (Lipinski definition) is 1. The van der Waals surface area contributed by atoms with Crippen molar-refractivity contribution in [2.45, 2.75) is 0 Å². The Morgan fingerprint density at radius 3 is 2.38 bits per heavy atom. The molecule has 3 aromatic carbocycles. The minimum atomic E-state index is 0.677. The van der Waals surface area contributed by atoms with Crippen molar-refractivity contribution in [3.63, 3.8) is 0 Å². The average molecular weight is 334 g/mol. The van der Waals surface area contributed by atoms with Crippen molar-refractivity contribution in [1.82, 2.24) is 0 Å². The van der Waals surface area contributed by atoms with Crippen LogP contribution in [-0.4, -0.2) is 0 Å². The van der Waals surface area contributed by atoms with E-state index in [0.29, 0.717) is 5.56 Å². The second-order valence-corrected chi connectivity index (χ2v) is 5.65. The van der Waals surface area contributed by atoms with E-state index in [4.69, 9.17) is 5.26 Å². The zero-order valence-electron chi connectivity index (χ0n) is 11.3. The van der Waals surface area contributed by atoms with E-state index in [1.54, 1.807) is 0 Å². The molecule has 0 radical (unpaired) electrons. The van der Waals surface area contributed by atoms with Crippen molar-refractivity contribution in [1.29, 1.82) is 5.26 Å². The number of nitrogens with zero attached hydrogens (tertiary/aromatic N) is 1. The SMILES string of the molecule is N#Cc1ccc2cc(C=Cc3ccccc3)cc(Br)c2c1. The van der Waals surface area contributed by atoms with Crippen LogP contribution in [-0.2, 0) is 0 Å². The molecule has 0 aliphatic rings. The molecule has 0 saturated carbocycles. The van der Waals surface area contributed by atoms with E-state index in [2.05, 4.69) is 58.4 Å². The van der Waals surface area contributed by atoms with E-state index in [9.17, 15) is 0 Å². The fourth-order valence-electron chi connectivity index (χ4n) is 2.26. The second-order valence-electron chi connectivity index (χ2n) is 4.79. The highest BCUT2D eigenvalue weighted by Crippen LogP contribution is 2.27. The highest BCUT2D eigenvalue weighted by atomic mass is 79.9. The summed E-state index contributed by atoms with van der Waals surface area (Å²) in [5.74, 6) is 0. The van der Waals surface area contributed by atoms with E-state index >= 15 is 0 Å². The number of rotatable bonds is 2. The van der Waals surface area contributed by atoms with E-state index in [-0.39, 0.29) is 0 Å². The Morgan fingerprint density at radius 1 is 0.857 bits per heavy atom. The number of fused-ring (bicyclic) bond motifs is 1. The number of hydrogen-bond donors (Lipinski definition) is 0. The predicted octanol–water partition coefficient (Wildman–Crippen LogP) is 5.64. The Morgan fingerprint density at radius 2 is 1.62 bits per heavy atom. The predicted molar refractivity (Wildman–Crippen MR) is 91.7 cm³/mol. The minimum Gasteiger partial charge on any atom is -0.192 e. The van der Waals surface area contributed by atoms with E-state index in [1.807, 2.05) is 36.4 Å². The van der Waals surface area contributed by atoms with Gasteiger partial charge in [0.1, 0.15) is 0 Å². The van der Waals surface area contributed by atoms with Crippen molar-refractivity contribution in [3.8, 4) is 6.07 Å². The lowest BCUT2D eigenvalue weighted by Gasteiger charge is -2.04. The first-order valence-electron chi connectivity index (χ1n) is 6.63. The van der Waals surface area contributed by atoms with E-state index < -0.39 is 0 Å². The zero-order valence-corrected chi connectivity index (χ0v) is 12.8. The van der Waals surface area contributed by atoms with Crippen LogP contribution in [0.1, 0.15) is 16.7 Å². The summed E-state index contributed by atoms with van der Waals surface area (Å²) in [5, 5.41) is 11.2. The summed E-state index contributed by atoms with van der Waals surface area (Å²) in [6.07, 6.45) is 4.19. The van der Waals surface area contributed by atoms with Crippen molar-refractivity contribution in [3.05, 3.63) is 81.8 Å². The smallest absolute Gasteiger partial charge is 0.0991 e. The largest absolute Gasteiger partial charge is 0.192 e. The summed E-state index contributed by atoms with van der Waals surface area (Å²) in [7, 11) is 0. The van der Waals surface area contributed by atoms with Gasteiger partial charge in [-0.15, -0.1) is 0 Å². The molecule has 0 unspecified atom stereocenters. The van der Waals surface area contributed by atoms with Crippen LogP contribution in [0, 0.1) is 11.3 Å². The topological polar surface area (TPSA) is 23.8 Å². The van der Waals surface area contributed by atoms with Gasteiger partial charge in [-0.3, -0.25) is 0 Å². The molecule has 3 rings (SSSR count). The summed E-state index contributed by atoms with van der Waals surface area (Å²) in [6, 6.07) is 22.3. The molecular weight excluding hydrogens is 322 g/mol. The van der Waals surface area contributed by atoms with E-state index in [0.717, 1.165) is 20.8 Å². The average Bonchev–Trinajstić information content (AvgIpc) is 2.54. The van der Waals surface area contributed by atoms with Gasteiger partial charge < -0.3 is 0 Å². The third-order valence-corrected chi connectivity index (χ3v) is 3.98. The molecule has 0 atom stereocenters. The highest BCUT2D eigenvalue weighted by Gasteiger charge is 2.02. The molecule has 100 valence electrons. The molecule has 0 N–H and O–H groups in total. The van der Waals surface area contributed by atoms with Gasteiger partial charge in [-0.1, -0.05) is 64.5 Å². The fourth-order valence-corrected chi connectivity index (χ4v) is 2.86. The van der Waals surface area contributed by atoms with Crippen molar-refractivity contribution in [2.24, 2.45) is 0 Å². The first kappa shape index (κ1) is 13.6. The summed E-state index contributed by atoms with van der Waals surface area (Å²) >= 11 is 3.59. The molecule has 0 saturated heterocycles. The maximum absolute atomic E-state index is 8.98. The summed E-state index contributed by atoms with van der Waals surface area (Å²) < 4.78 is 1.00.